The normalized spacial score (nSPS) is 14.0. The summed E-state index contributed by atoms with van der Waals surface area (Å²) in [7, 11) is 0. The van der Waals surface area contributed by atoms with Crippen LogP contribution in [0.1, 0.15) is 5.56 Å². The second-order valence-corrected chi connectivity index (χ2v) is 3.48. The van der Waals surface area contributed by atoms with Crippen molar-refractivity contribution in [2.75, 3.05) is 0 Å². The summed E-state index contributed by atoms with van der Waals surface area (Å²) in [4.78, 5) is 0. The lowest BCUT2D eigenvalue weighted by molar-refractivity contribution is -0.203. The smallest absolute Gasteiger partial charge is 0.383 e. The van der Waals surface area contributed by atoms with Crippen molar-refractivity contribution in [3.8, 4) is 0 Å². The van der Waals surface area contributed by atoms with Gasteiger partial charge in [-0.15, -0.1) is 0 Å². The highest BCUT2D eigenvalue weighted by Crippen LogP contribution is 2.24. The van der Waals surface area contributed by atoms with Crippen LogP contribution in [-0.2, 0) is 6.42 Å². The van der Waals surface area contributed by atoms with E-state index in [1.165, 1.54) is 6.07 Å². The molecule has 1 aromatic carbocycles. The van der Waals surface area contributed by atoms with E-state index < -0.39 is 24.5 Å². The molecule has 0 radical (unpaired) electrons. The summed E-state index contributed by atoms with van der Waals surface area (Å²) in [5, 5.41) is 8.73. The predicted molar refractivity (Wildman–Crippen MR) is 47.2 cm³/mol. The first kappa shape index (κ1) is 12.3. The van der Waals surface area contributed by atoms with Crippen LogP contribution in [0, 0.1) is 5.82 Å². The first-order valence-electron chi connectivity index (χ1n) is 3.99. The number of aliphatic hydroxyl groups is 1. The number of halogens is 5. The van der Waals surface area contributed by atoms with Crippen molar-refractivity contribution >= 4 is 11.6 Å². The van der Waals surface area contributed by atoms with Gasteiger partial charge in [-0.05, 0) is 23.8 Å². The fourth-order valence-corrected chi connectivity index (χ4v) is 1.31. The number of hydrogen-bond acceptors (Lipinski definition) is 1. The number of rotatable bonds is 2. The number of aliphatic hydroxyl groups excluding tert-OH is 1. The molecule has 6 heteroatoms. The molecule has 0 fully saturated rings. The highest BCUT2D eigenvalue weighted by Gasteiger charge is 2.38. The van der Waals surface area contributed by atoms with E-state index in [-0.39, 0.29) is 10.6 Å². The maximum Gasteiger partial charge on any atom is 0.414 e. The molecule has 0 saturated carbocycles. The molecular formula is C9H7ClF4O. The van der Waals surface area contributed by atoms with E-state index in [0.29, 0.717) is 0 Å². The van der Waals surface area contributed by atoms with Gasteiger partial charge in [0.2, 0.25) is 0 Å². The minimum atomic E-state index is -4.71. The van der Waals surface area contributed by atoms with E-state index in [2.05, 4.69) is 0 Å². The minimum Gasteiger partial charge on any atom is -0.383 e. The van der Waals surface area contributed by atoms with Gasteiger partial charge in [-0.3, -0.25) is 0 Å². The van der Waals surface area contributed by atoms with E-state index in [4.69, 9.17) is 16.7 Å². The molecule has 15 heavy (non-hydrogen) atoms. The molecule has 0 amide bonds. The summed E-state index contributed by atoms with van der Waals surface area (Å²) in [6.07, 6.45) is -7.92. The van der Waals surface area contributed by atoms with Crippen molar-refractivity contribution in [3.63, 3.8) is 0 Å². The van der Waals surface area contributed by atoms with E-state index in [1.54, 1.807) is 0 Å². The molecule has 0 aromatic heterocycles. The average molecular weight is 243 g/mol. The van der Waals surface area contributed by atoms with E-state index in [9.17, 15) is 17.6 Å². The van der Waals surface area contributed by atoms with Crippen LogP contribution in [0.15, 0.2) is 18.2 Å². The highest BCUT2D eigenvalue weighted by atomic mass is 35.5. The van der Waals surface area contributed by atoms with Crippen molar-refractivity contribution in [2.45, 2.75) is 18.7 Å². The molecule has 1 unspecified atom stereocenters. The van der Waals surface area contributed by atoms with Gasteiger partial charge in [0, 0.05) is 11.4 Å². The van der Waals surface area contributed by atoms with Crippen LogP contribution in [0.4, 0.5) is 17.6 Å². The number of hydrogen-bond donors (Lipinski definition) is 1. The Morgan fingerprint density at radius 1 is 1.27 bits per heavy atom. The Labute approximate surface area is 88.3 Å². The SMILES string of the molecule is OC(Cc1cc(F)cc(Cl)c1)C(F)(F)F. The molecule has 1 N–H and O–H groups in total. The van der Waals surface area contributed by atoms with Crippen LogP contribution in [0.3, 0.4) is 0 Å². The molecule has 1 atom stereocenters. The molecule has 1 nitrogen and oxygen atoms in total. The van der Waals surface area contributed by atoms with Crippen LogP contribution in [0.2, 0.25) is 5.02 Å². The first-order chi connectivity index (χ1) is 6.79. The molecule has 0 aliphatic rings. The van der Waals surface area contributed by atoms with Crippen molar-refractivity contribution in [2.24, 2.45) is 0 Å². The molecule has 84 valence electrons. The summed E-state index contributed by atoms with van der Waals surface area (Å²) < 4.78 is 48.6. The molecule has 0 bridgehead atoms. The van der Waals surface area contributed by atoms with Gasteiger partial charge in [0.05, 0.1) is 0 Å². The van der Waals surface area contributed by atoms with E-state index in [0.717, 1.165) is 12.1 Å². The average Bonchev–Trinajstić information content (AvgIpc) is 1.99. The van der Waals surface area contributed by atoms with Crippen LogP contribution in [0.5, 0.6) is 0 Å². The van der Waals surface area contributed by atoms with Crippen molar-refractivity contribution in [3.05, 3.63) is 34.6 Å². The van der Waals surface area contributed by atoms with Crippen molar-refractivity contribution < 1.29 is 22.7 Å². The maximum absolute atomic E-state index is 12.7. The Bertz CT molecular complexity index is 330. The lowest BCUT2D eigenvalue weighted by Gasteiger charge is -2.14. The maximum atomic E-state index is 12.7. The summed E-state index contributed by atoms with van der Waals surface area (Å²) in [5.74, 6) is -0.730. The minimum absolute atomic E-state index is 0.000579. The quantitative estimate of drug-likeness (QED) is 0.791. The Balaban J connectivity index is 2.81. The number of benzene rings is 1. The lowest BCUT2D eigenvalue weighted by atomic mass is 10.1. The predicted octanol–water partition coefficient (Wildman–Crippen LogP) is 2.94. The Morgan fingerprint density at radius 2 is 1.87 bits per heavy atom. The summed E-state index contributed by atoms with van der Waals surface area (Å²) in [6, 6.07) is 3.06. The summed E-state index contributed by atoms with van der Waals surface area (Å²) >= 11 is 5.44. The molecule has 1 rings (SSSR count). The van der Waals surface area contributed by atoms with Gasteiger partial charge in [-0.2, -0.15) is 13.2 Å². The zero-order chi connectivity index (χ0) is 11.6. The van der Waals surface area contributed by atoms with Gasteiger partial charge in [0.15, 0.2) is 6.10 Å². The topological polar surface area (TPSA) is 20.2 Å². The molecular weight excluding hydrogens is 236 g/mol. The van der Waals surface area contributed by atoms with Crippen LogP contribution in [0.25, 0.3) is 0 Å². The fourth-order valence-electron chi connectivity index (χ4n) is 1.07. The molecule has 0 aliphatic carbocycles. The second-order valence-electron chi connectivity index (χ2n) is 3.04. The highest BCUT2D eigenvalue weighted by molar-refractivity contribution is 6.30. The molecule has 0 spiro atoms. The van der Waals surface area contributed by atoms with Gasteiger partial charge in [0.25, 0.3) is 0 Å². The van der Waals surface area contributed by atoms with Crippen LogP contribution < -0.4 is 0 Å². The largest absolute Gasteiger partial charge is 0.414 e. The van der Waals surface area contributed by atoms with Crippen LogP contribution in [-0.4, -0.2) is 17.4 Å². The molecule has 1 aromatic rings. The third-order valence-corrected chi connectivity index (χ3v) is 1.95. The zero-order valence-electron chi connectivity index (χ0n) is 7.35. The molecule has 0 heterocycles. The zero-order valence-corrected chi connectivity index (χ0v) is 8.11. The standard InChI is InChI=1S/C9H7ClF4O/c10-6-1-5(2-7(11)4-6)3-8(15)9(12,13)14/h1-2,4,8,15H,3H2. The summed E-state index contributed by atoms with van der Waals surface area (Å²) in [5.41, 5.74) is 0.00447. The fraction of sp³-hybridized carbons (Fsp3) is 0.333. The Kier molecular flexibility index (Phi) is 3.57. The number of alkyl halides is 3. The third-order valence-electron chi connectivity index (χ3n) is 1.73. The lowest BCUT2D eigenvalue weighted by Crippen LogP contribution is -2.30. The van der Waals surface area contributed by atoms with E-state index >= 15 is 0 Å². The first-order valence-corrected chi connectivity index (χ1v) is 4.36. The van der Waals surface area contributed by atoms with E-state index in [1.807, 2.05) is 0 Å². The van der Waals surface area contributed by atoms with Crippen LogP contribution >= 0.6 is 11.6 Å². The van der Waals surface area contributed by atoms with Gasteiger partial charge in [-0.25, -0.2) is 4.39 Å². The van der Waals surface area contributed by atoms with Crippen molar-refractivity contribution in [1.29, 1.82) is 0 Å². The third kappa shape index (κ3) is 3.68. The van der Waals surface area contributed by atoms with Crippen molar-refractivity contribution in [1.82, 2.24) is 0 Å². The van der Waals surface area contributed by atoms with Gasteiger partial charge >= 0.3 is 6.18 Å². The second kappa shape index (κ2) is 4.37. The molecule has 0 saturated heterocycles. The summed E-state index contributed by atoms with van der Waals surface area (Å²) in [6.45, 7) is 0. The Morgan fingerprint density at radius 3 is 2.33 bits per heavy atom. The van der Waals surface area contributed by atoms with Gasteiger partial charge < -0.3 is 5.11 Å². The Hall–Kier alpha value is -0.810. The monoisotopic (exact) mass is 242 g/mol. The van der Waals surface area contributed by atoms with Gasteiger partial charge in [-0.1, -0.05) is 11.6 Å². The van der Waals surface area contributed by atoms with Gasteiger partial charge in [0.1, 0.15) is 5.82 Å². The molecule has 0 aliphatic heterocycles.